The van der Waals surface area contributed by atoms with Gasteiger partial charge in [0.05, 0.1) is 18.4 Å². The highest BCUT2D eigenvalue weighted by Crippen LogP contribution is 2.39. The van der Waals surface area contributed by atoms with Crippen molar-refractivity contribution in [2.24, 2.45) is 0 Å². The van der Waals surface area contributed by atoms with Gasteiger partial charge in [0.25, 0.3) is 5.91 Å². The third-order valence-corrected chi connectivity index (χ3v) is 4.58. The van der Waals surface area contributed by atoms with Gasteiger partial charge in [-0.05, 0) is 43.9 Å². The molecule has 2 aromatic rings. The molecule has 2 aromatic heterocycles. The van der Waals surface area contributed by atoms with Crippen LogP contribution in [-0.2, 0) is 17.6 Å². The molecule has 0 spiro atoms. The highest BCUT2D eigenvalue weighted by Gasteiger charge is 2.28. The zero-order valence-electron chi connectivity index (χ0n) is 11.6. The second kappa shape index (κ2) is 5.73. The number of furan rings is 1. The first-order valence-corrected chi connectivity index (χ1v) is 7.69. The first-order chi connectivity index (χ1) is 10.2. The standard InChI is InChI=1S/C15H15NO4S/c1-2-19-15(18)12-9-5-3-7-11(9)21-14(12)16-13(17)10-6-4-8-20-10/h4,6,8H,2-3,5,7H2,1H3,(H,16,17). The number of rotatable bonds is 4. The molecule has 0 unspecified atom stereocenters. The topological polar surface area (TPSA) is 68.5 Å². The number of amides is 1. The lowest BCUT2D eigenvalue weighted by molar-refractivity contribution is 0.0527. The Labute approximate surface area is 125 Å². The molecule has 1 aliphatic rings. The van der Waals surface area contributed by atoms with E-state index in [0.717, 1.165) is 29.7 Å². The lowest BCUT2D eigenvalue weighted by atomic mass is 10.1. The molecule has 110 valence electrons. The van der Waals surface area contributed by atoms with Gasteiger partial charge in [-0.2, -0.15) is 0 Å². The third kappa shape index (κ3) is 2.58. The molecule has 0 radical (unpaired) electrons. The molecular formula is C15H15NO4S. The Bertz CT molecular complexity index is 672. The molecular weight excluding hydrogens is 290 g/mol. The number of hydrogen-bond donors (Lipinski definition) is 1. The fourth-order valence-electron chi connectivity index (χ4n) is 2.48. The van der Waals surface area contributed by atoms with E-state index in [9.17, 15) is 9.59 Å². The minimum absolute atomic E-state index is 0.221. The summed E-state index contributed by atoms with van der Waals surface area (Å²) in [5.41, 5.74) is 1.53. The van der Waals surface area contributed by atoms with Gasteiger partial charge in [0, 0.05) is 4.88 Å². The van der Waals surface area contributed by atoms with Crippen LogP contribution in [0.3, 0.4) is 0 Å². The first kappa shape index (κ1) is 13.9. The van der Waals surface area contributed by atoms with Crippen LogP contribution < -0.4 is 5.32 Å². The molecule has 5 nitrogen and oxygen atoms in total. The molecule has 0 bridgehead atoms. The van der Waals surface area contributed by atoms with Crippen LogP contribution in [-0.4, -0.2) is 18.5 Å². The summed E-state index contributed by atoms with van der Waals surface area (Å²) >= 11 is 1.45. The van der Waals surface area contributed by atoms with Crippen LogP contribution in [0.5, 0.6) is 0 Å². The number of aryl methyl sites for hydroxylation is 1. The second-order valence-corrected chi connectivity index (χ2v) is 5.82. The van der Waals surface area contributed by atoms with Crippen molar-refractivity contribution in [2.75, 3.05) is 11.9 Å². The third-order valence-electron chi connectivity index (χ3n) is 3.37. The fraction of sp³-hybridized carbons (Fsp3) is 0.333. The van der Waals surface area contributed by atoms with Crippen molar-refractivity contribution in [1.29, 1.82) is 0 Å². The van der Waals surface area contributed by atoms with Gasteiger partial charge in [-0.15, -0.1) is 11.3 Å². The van der Waals surface area contributed by atoms with Gasteiger partial charge < -0.3 is 14.5 Å². The average molecular weight is 305 g/mol. The number of carbonyl (C=O) groups excluding carboxylic acids is 2. The monoisotopic (exact) mass is 305 g/mol. The summed E-state index contributed by atoms with van der Waals surface area (Å²) in [6.45, 7) is 2.08. The average Bonchev–Trinajstić information content (AvgIpc) is 3.14. The van der Waals surface area contributed by atoms with Crippen LogP contribution in [0.1, 0.15) is 44.7 Å². The van der Waals surface area contributed by atoms with E-state index >= 15 is 0 Å². The summed E-state index contributed by atoms with van der Waals surface area (Å²) in [5.74, 6) is -0.504. The van der Waals surface area contributed by atoms with E-state index < -0.39 is 0 Å². The molecule has 0 fully saturated rings. The van der Waals surface area contributed by atoms with Crippen molar-refractivity contribution in [2.45, 2.75) is 26.2 Å². The number of anilines is 1. The summed E-state index contributed by atoms with van der Waals surface area (Å²) in [5, 5.41) is 3.32. The second-order valence-electron chi connectivity index (χ2n) is 4.71. The Kier molecular flexibility index (Phi) is 3.79. The highest BCUT2D eigenvalue weighted by molar-refractivity contribution is 7.17. The maximum Gasteiger partial charge on any atom is 0.341 e. The SMILES string of the molecule is CCOC(=O)c1c(NC(=O)c2ccco2)sc2c1CCC2. The van der Waals surface area contributed by atoms with Crippen LogP contribution in [0.2, 0.25) is 0 Å². The van der Waals surface area contributed by atoms with Gasteiger partial charge in [-0.3, -0.25) is 4.79 Å². The Hall–Kier alpha value is -2.08. The molecule has 6 heteroatoms. The van der Waals surface area contributed by atoms with Crippen LogP contribution in [0.25, 0.3) is 0 Å². The number of hydrogen-bond acceptors (Lipinski definition) is 5. The zero-order valence-corrected chi connectivity index (χ0v) is 12.4. The molecule has 1 amide bonds. The lowest BCUT2D eigenvalue weighted by Crippen LogP contribution is -2.14. The summed E-state index contributed by atoms with van der Waals surface area (Å²) in [6.07, 6.45) is 4.29. The Morgan fingerprint density at radius 2 is 2.29 bits per heavy atom. The fourth-order valence-corrected chi connectivity index (χ4v) is 3.76. The summed E-state index contributed by atoms with van der Waals surface area (Å²) in [7, 11) is 0. The molecule has 0 saturated heterocycles. The molecule has 2 heterocycles. The number of esters is 1. The molecule has 0 saturated carbocycles. The molecule has 0 aromatic carbocycles. The number of fused-ring (bicyclic) bond motifs is 1. The van der Waals surface area contributed by atoms with Crippen molar-refractivity contribution in [1.82, 2.24) is 0 Å². The van der Waals surface area contributed by atoms with E-state index in [1.165, 1.54) is 17.6 Å². The highest BCUT2D eigenvalue weighted by atomic mass is 32.1. The van der Waals surface area contributed by atoms with Crippen molar-refractivity contribution in [3.63, 3.8) is 0 Å². The molecule has 3 rings (SSSR count). The Morgan fingerprint density at radius 3 is 3.00 bits per heavy atom. The largest absolute Gasteiger partial charge is 0.462 e. The minimum Gasteiger partial charge on any atom is -0.462 e. The Morgan fingerprint density at radius 1 is 1.43 bits per heavy atom. The van der Waals surface area contributed by atoms with Crippen molar-refractivity contribution >= 4 is 28.2 Å². The predicted octanol–water partition coefficient (Wildman–Crippen LogP) is 3.26. The van der Waals surface area contributed by atoms with Gasteiger partial charge in [0.2, 0.25) is 0 Å². The first-order valence-electron chi connectivity index (χ1n) is 6.87. The van der Waals surface area contributed by atoms with Crippen LogP contribution in [0.4, 0.5) is 5.00 Å². The van der Waals surface area contributed by atoms with Crippen LogP contribution in [0.15, 0.2) is 22.8 Å². The van der Waals surface area contributed by atoms with Crippen molar-refractivity contribution in [3.8, 4) is 0 Å². The lowest BCUT2D eigenvalue weighted by Gasteiger charge is -2.06. The smallest absolute Gasteiger partial charge is 0.341 e. The van der Waals surface area contributed by atoms with Gasteiger partial charge in [0.15, 0.2) is 5.76 Å². The van der Waals surface area contributed by atoms with Crippen LogP contribution >= 0.6 is 11.3 Å². The molecule has 1 N–H and O–H groups in total. The summed E-state index contributed by atoms with van der Waals surface area (Å²) < 4.78 is 10.2. The van der Waals surface area contributed by atoms with Crippen molar-refractivity contribution in [3.05, 3.63) is 40.2 Å². The quantitative estimate of drug-likeness (QED) is 0.880. The van der Waals surface area contributed by atoms with E-state index in [2.05, 4.69) is 5.32 Å². The van der Waals surface area contributed by atoms with Crippen molar-refractivity contribution < 1.29 is 18.7 Å². The van der Waals surface area contributed by atoms with Gasteiger partial charge >= 0.3 is 5.97 Å². The molecule has 0 aliphatic heterocycles. The van der Waals surface area contributed by atoms with E-state index in [0.29, 0.717) is 17.2 Å². The normalized spacial score (nSPS) is 13.0. The summed E-state index contributed by atoms with van der Waals surface area (Å²) in [6, 6.07) is 3.23. The minimum atomic E-state index is -0.369. The number of thiophene rings is 1. The van der Waals surface area contributed by atoms with E-state index in [1.54, 1.807) is 19.1 Å². The molecule has 1 aliphatic carbocycles. The molecule has 21 heavy (non-hydrogen) atoms. The zero-order chi connectivity index (χ0) is 14.8. The van der Waals surface area contributed by atoms with E-state index in [4.69, 9.17) is 9.15 Å². The van der Waals surface area contributed by atoms with Gasteiger partial charge in [-0.1, -0.05) is 0 Å². The predicted molar refractivity (Wildman–Crippen MR) is 79.0 cm³/mol. The molecule has 0 atom stereocenters. The van der Waals surface area contributed by atoms with Gasteiger partial charge in [-0.25, -0.2) is 4.79 Å². The number of carbonyl (C=O) groups is 2. The van der Waals surface area contributed by atoms with Crippen LogP contribution in [0, 0.1) is 0 Å². The maximum atomic E-state index is 12.2. The van der Waals surface area contributed by atoms with E-state index in [-0.39, 0.29) is 17.6 Å². The number of nitrogens with one attached hydrogen (secondary N) is 1. The van der Waals surface area contributed by atoms with Gasteiger partial charge in [0.1, 0.15) is 5.00 Å². The number of ether oxygens (including phenoxy) is 1. The maximum absolute atomic E-state index is 12.2. The Balaban J connectivity index is 1.91. The summed E-state index contributed by atoms with van der Waals surface area (Å²) in [4.78, 5) is 25.4. The van der Waals surface area contributed by atoms with E-state index in [1.807, 2.05) is 0 Å².